The molecule has 0 bridgehead atoms. The van der Waals surface area contributed by atoms with Crippen LogP contribution in [0.5, 0.6) is 0 Å². The van der Waals surface area contributed by atoms with Crippen LogP contribution in [0, 0.1) is 0 Å². The lowest BCUT2D eigenvalue weighted by Crippen LogP contribution is -1.85. The van der Waals surface area contributed by atoms with Gasteiger partial charge in [0.15, 0.2) is 0 Å². The van der Waals surface area contributed by atoms with Crippen LogP contribution in [0.3, 0.4) is 0 Å². The molecule has 2 heteroatoms. The van der Waals surface area contributed by atoms with Crippen LogP contribution in [0.4, 0.5) is 0 Å². The third-order valence-electron chi connectivity index (χ3n) is 2.71. The van der Waals surface area contributed by atoms with Gasteiger partial charge in [0.1, 0.15) is 0 Å². The molecule has 0 spiro atoms. The van der Waals surface area contributed by atoms with Gasteiger partial charge in [0.2, 0.25) is 0 Å². The number of hydrogen-bond acceptors (Lipinski definition) is 1. The molecule has 0 unspecified atom stereocenters. The Morgan fingerprint density at radius 3 is 2.71 bits per heavy atom. The van der Waals surface area contributed by atoms with E-state index in [1.165, 1.54) is 18.4 Å². The van der Waals surface area contributed by atoms with Crippen molar-refractivity contribution in [1.29, 1.82) is 0 Å². The van der Waals surface area contributed by atoms with Gasteiger partial charge in [0, 0.05) is 12.4 Å². The summed E-state index contributed by atoms with van der Waals surface area (Å²) in [4.78, 5) is 7.61. The summed E-state index contributed by atoms with van der Waals surface area (Å²) in [7, 11) is 0. The Hall–Kier alpha value is -1.57. The molecule has 1 N–H and O–H groups in total. The Morgan fingerprint density at radius 1 is 1.21 bits per heavy atom. The molecule has 1 aliphatic carbocycles. The Morgan fingerprint density at radius 2 is 2.14 bits per heavy atom. The highest BCUT2D eigenvalue weighted by atomic mass is 14.8. The molecule has 1 aliphatic rings. The predicted molar refractivity (Wildman–Crippen MR) is 56.0 cm³/mol. The molecule has 3 rings (SSSR count). The van der Waals surface area contributed by atoms with Crippen molar-refractivity contribution < 1.29 is 0 Å². The number of H-pyrrole nitrogens is 1. The number of rotatable bonds is 2. The van der Waals surface area contributed by atoms with Crippen LogP contribution in [0.1, 0.15) is 24.3 Å². The zero-order valence-electron chi connectivity index (χ0n) is 7.90. The molecule has 14 heavy (non-hydrogen) atoms. The van der Waals surface area contributed by atoms with Crippen LogP contribution in [0.25, 0.3) is 11.4 Å². The van der Waals surface area contributed by atoms with Crippen LogP contribution in [0.15, 0.2) is 36.7 Å². The summed E-state index contributed by atoms with van der Waals surface area (Å²) in [6.07, 6.45) is 6.60. The predicted octanol–water partition coefficient (Wildman–Crippen LogP) is 2.95. The SMILES string of the molecule is c1c[nH]c(-c2ccc(C3CC3)cn2)c1. The molecule has 2 heterocycles. The number of pyridine rings is 1. The van der Waals surface area contributed by atoms with E-state index in [2.05, 4.69) is 22.1 Å². The number of nitrogens with zero attached hydrogens (tertiary/aromatic N) is 1. The highest BCUT2D eigenvalue weighted by Crippen LogP contribution is 2.39. The molecule has 0 aromatic carbocycles. The van der Waals surface area contributed by atoms with Crippen LogP contribution in [0.2, 0.25) is 0 Å². The second-order valence-corrected chi connectivity index (χ2v) is 3.83. The van der Waals surface area contributed by atoms with Crippen molar-refractivity contribution in [2.75, 3.05) is 0 Å². The zero-order valence-corrected chi connectivity index (χ0v) is 7.90. The lowest BCUT2D eigenvalue weighted by molar-refractivity contribution is 1.09. The molecular formula is C12H12N2. The van der Waals surface area contributed by atoms with E-state index in [4.69, 9.17) is 0 Å². The summed E-state index contributed by atoms with van der Waals surface area (Å²) in [5.41, 5.74) is 3.51. The first-order valence-corrected chi connectivity index (χ1v) is 5.03. The summed E-state index contributed by atoms with van der Waals surface area (Å²) in [5, 5.41) is 0. The van der Waals surface area contributed by atoms with Gasteiger partial charge in [-0.15, -0.1) is 0 Å². The van der Waals surface area contributed by atoms with Gasteiger partial charge in [-0.3, -0.25) is 4.98 Å². The molecule has 0 amide bonds. The van der Waals surface area contributed by atoms with Crippen LogP contribution in [-0.4, -0.2) is 9.97 Å². The quantitative estimate of drug-likeness (QED) is 0.763. The topological polar surface area (TPSA) is 28.7 Å². The first kappa shape index (κ1) is 7.80. The van der Waals surface area contributed by atoms with E-state index in [1.54, 1.807) is 0 Å². The van der Waals surface area contributed by atoms with E-state index in [-0.39, 0.29) is 0 Å². The second-order valence-electron chi connectivity index (χ2n) is 3.83. The molecule has 2 aromatic rings. The first-order chi connectivity index (χ1) is 6.93. The summed E-state index contributed by atoms with van der Waals surface area (Å²) < 4.78 is 0. The van der Waals surface area contributed by atoms with Gasteiger partial charge in [0.25, 0.3) is 0 Å². The molecular weight excluding hydrogens is 172 g/mol. The summed E-state index contributed by atoms with van der Waals surface area (Å²) in [6, 6.07) is 8.32. The first-order valence-electron chi connectivity index (χ1n) is 5.03. The van der Waals surface area contributed by atoms with Gasteiger partial charge < -0.3 is 4.98 Å². The van der Waals surface area contributed by atoms with Crippen molar-refractivity contribution in [3.8, 4) is 11.4 Å². The van der Waals surface area contributed by atoms with E-state index in [1.807, 2.05) is 24.5 Å². The lowest BCUT2D eigenvalue weighted by atomic mass is 10.1. The fourth-order valence-corrected chi connectivity index (χ4v) is 1.71. The van der Waals surface area contributed by atoms with Gasteiger partial charge in [0.05, 0.1) is 11.4 Å². The molecule has 1 fully saturated rings. The van der Waals surface area contributed by atoms with Crippen molar-refractivity contribution in [3.63, 3.8) is 0 Å². The highest BCUT2D eigenvalue weighted by Gasteiger charge is 2.23. The maximum absolute atomic E-state index is 4.45. The van der Waals surface area contributed by atoms with Gasteiger partial charge in [-0.25, -0.2) is 0 Å². The number of hydrogen-bond donors (Lipinski definition) is 1. The fraction of sp³-hybridized carbons (Fsp3) is 0.250. The lowest BCUT2D eigenvalue weighted by Gasteiger charge is -1.99. The van der Waals surface area contributed by atoms with Gasteiger partial charge in [-0.1, -0.05) is 6.07 Å². The monoisotopic (exact) mass is 184 g/mol. The van der Waals surface area contributed by atoms with Crippen molar-refractivity contribution in [2.45, 2.75) is 18.8 Å². The van der Waals surface area contributed by atoms with E-state index < -0.39 is 0 Å². The highest BCUT2D eigenvalue weighted by molar-refractivity contribution is 5.54. The summed E-state index contributed by atoms with van der Waals surface area (Å²) in [5.74, 6) is 0.792. The molecule has 0 saturated heterocycles. The van der Waals surface area contributed by atoms with Crippen molar-refractivity contribution in [1.82, 2.24) is 9.97 Å². The zero-order chi connectivity index (χ0) is 9.38. The maximum atomic E-state index is 4.45. The average molecular weight is 184 g/mol. The standard InChI is InChI=1S/C12H12N2/c1-2-11(13-7-1)12-6-5-10(8-14-12)9-3-4-9/h1-2,5-9,13H,3-4H2. The molecule has 0 radical (unpaired) electrons. The van der Waals surface area contributed by atoms with Crippen LogP contribution < -0.4 is 0 Å². The molecule has 0 atom stereocenters. The normalized spacial score (nSPS) is 15.7. The number of aromatic nitrogens is 2. The van der Waals surface area contributed by atoms with Gasteiger partial charge in [-0.2, -0.15) is 0 Å². The smallest absolute Gasteiger partial charge is 0.0864 e. The third-order valence-corrected chi connectivity index (χ3v) is 2.71. The van der Waals surface area contributed by atoms with E-state index in [9.17, 15) is 0 Å². The van der Waals surface area contributed by atoms with E-state index >= 15 is 0 Å². The fourth-order valence-electron chi connectivity index (χ4n) is 1.71. The average Bonchev–Trinajstić information content (AvgIpc) is 2.94. The largest absolute Gasteiger partial charge is 0.360 e. The van der Waals surface area contributed by atoms with E-state index in [0.717, 1.165) is 17.3 Å². The minimum Gasteiger partial charge on any atom is -0.360 e. The maximum Gasteiger partial charge on any atom is 0.0864 e. The Bertz CT molecular complexity index is 410. The van der Waals surface area contributed by atoms with Crippen molar-refractivity contribution in [2.24, 2.45) is 0 Å². The van der Waals surface area contributed by atoms with Crippen LogP contribution >= 0.6 is 0 Å². The molecule has 0 aliphatic heterocycles. The molecule has 1 saturated carbocycles. The van der Waals surface area contributed by atoms with E-state index in [0.29, 0.717) is 0 Å². The summed E-state index contributed by atoms with van der Waals surface area (Å²) in [6.45, 7) is 0. The number of nitrogens with one attached hydrogen (secondary N) is 1. The third kappa shape index (κ3) is 1.33. The van der Waals surface area contributed by atoms with Crippen molar-refractivity contribution >= 4 is 0 Å². The van der Waals surface area contributed by atoms with Crippen molar-refractivity contribution in [3.05, 3.63) is 42.2 Å². The summed E-state index contributed by atoms with van der Waals surface area (Å²) >= 11 is 0. The van der Waals surface area contributed by atoms with Crippen LogP contribution in [-0.2, 0) is 0 Å². The van der Waals surface area contributed by atoms with Gasteiger partial charge >= 0.3 is 0 Å². The minimum absolute atomic E-state index is 0.792. The number of aromatic amines is 1. The molecule has 2 aromatic heterocycles. The molecule has 70 valence electrons. The Labute approximate surface area is 83.0 Å². The second kappa shape index (κ2) is 2.98. The Balaban J connectivity index is 1.93. The minimum atomic E-state index is 0.792. The van der Waals surface area contributed by atoms with Gasteiger partial charge in [-0.05, 0) is 42.5 Å². The molecule has 2 nitrogen and oxygen atoms in total. The Kier molecular flexibility index (Phi) is 1.66.